The highest BCUT2D eigenvalue weighted by Gasteiger charge is 2.29. The zero-order valence-electron chi connectivity index (χ0n) is 13.0. The van der Waals surface area contributed by atoms with E-state index in [0.717, 1.165) is 28.8 Å². The molecule has 0 spiro atoms. The average molecular weight is 354 g/mol. The first-order valence-electron chi connectivity index (χ1n) is 7.00. The zero-order chi connectivity index (χ0) is 17.9. The molecule has 2 aromatic rings. The van der Waals surface area contributed by atoms with Crippen LogP contribution in [0.5, 0.6) is 0 Å². The predicted molar refractivity (Wildman–Crippen MR) is 88.2 cm³/mol. The minimum atomic E-state index is -3.90. The minimum absolute atomic E-state index is 0.132. The number of nitrogens with zero attached hydrogens (tertiary/aromatic N) is 1. The number of halogens is 2. The van der Waals surface area contributed by atoms with Gasteiger partial charge >= 0.3 is 0 Å². The summed E-state index contributed by atoms with van der Waals surface area (Å²) in [6.07, 6.45) is 0.889. The molecule has 0 aromatic heterocycles. The number of nitrogens with one attached hydrogen (secondary N) is 1. The number of amides is 1. The Hall–Kier alpha value is -2.48. The van der Waals surface area contributed by atoms with E-state index in [1.165, 1.54) is 6.92 Å². The monoisotopic (exact) mass is 354 g/mol. The van der Waals surface area contributed by atoms with Crippen molar-refractivity contribution in [2.24, 2.45) is 0 Å². The van der Waals surface area contributed by atoms with Crippen molar-refractivity contribution in [1.29, 1.82) is 0 Å². The Balaban J connectivity index is 2.34. The van der Waals surface area contributed by atoms with Crippen molar-refractivity contribution in [3.05, 3.63) is 60.2 Å². The van der Waals surface area contributed by atoms with Crippen LogP contribution in [0.15, 0.2) is 48.5 Å². The Labute approximate surface area is 139 Å². The molecule has 0 fully saturated rings. The van der Waals surface area contributed by atoms with Crippen LogP contribution in [0, 0.1) is 11.6 Å². The Morgan fingerprint density at radius 3 is 2.25 bits per heavy atom. The number of hydrogen-bond acceptors (Lipinski definition) is 3. The van der Waals surface area contributed by atoms with Gasteiger partial charge in [-0.1, -0.05) is 18.2 Å². The van der Waals surface area contributed by atoms with Crippen molar-refractivity contribution in [3.63, 3.8) is 0 Å². The number of anilines is 2. The largest absolute Gasteiger partial charge is 0.324 e. The summed E-state index contributed by atoms with van der Waals surface area (Å²) in [6, 6.07) is 9.97. The van der Waals surface area contributed by atoms with Gasteiger partial charge in [0.2, 0.25) is 15.9 Å². The van der Waals surface area contributed by atoms with Crippen LogP contribution in [0.1, 0.15) is 6.92 Å². The van der Waals surface area contributed by atoms with Crippen molar-refractivity contribution in [3.8, 4) is 0 Å². The van der Waals surface area contributed by atoms with Crippen LogP contribution in [0.2, 0.25) is 0 Å². The second-order valence-electron chi connectivity index (χ2n) is 5.19. The first kappa shape index (κ1) is 17.9. The maximum Gasteiger partial charge on any atom is 0.247 e. The lowest BCUT2D eigenvalue weighted by molar-refractivity contribution is -0.116. The van der Waals surface area contributed by atoms with Gasteiger partial charge in [0.25, 0.3) is 0 Å². The molecule has 0 saturated carbocycles. The van der Waals surface area contributed by atoms with Gasteiger partial charge in [-0.2, -0.15) is 0 Å². The summed E-state index contributed by atoms with van der Waals surface area (Å²) in [5.41, 5.74) is 0.361. The maximum atomic E-state index is 13.4. The molecule has 0 aliphatic heterocycles. The molecule has 0 bridgehead atoms. The third kappa shape index (κ3) is 4.08. The molecule has 8 heteroatoms. The summed E-state index contributed by atoms with van der Waals surface area (Å²) in [4.78, 5) is 12.3. The molecule has 2 aromatic carbocycles. The molecule has 0 heterocycles. The maximum absolute atomic E-state index is 13.4. The molecular weight excluding hydrogens is 338 g/mol. The Morgan fingerprint density at radius 1 is 1.08 bits per heavy atom. The molecular formula is C16H16F2N2O3S. The lowest BCUT2D eigenvalue weighted by Gasteiger charge is -2.28. The third-order valence-electron chi connectivity index (χ3n) is 3.29. The van der Waals surface area contributed by atoms with E-state index in [2.05, 4.69) is 5.32 Å². The highest BCUT2D eigenvalue weighted by Crippen LogP contribution is 2.23. The van der Waals surface area contributed by atoms with E-state index in [4.69, 9.17) is 0 Å². The molecule has 128 valence electrons. The number of carbonyl (C=O) groups is 1. The second kappa shape index (κ2) is 6.96. The molecule has 1 N–H and O–H groups in total. The third-order valence-corrected chi connectivity index (χ3v) is 4.53. The van der Waals surface area contributed by atoms with E-state index < -0.39 is 33.6 Å². The Morgan fingerprint density at radius 2 is 1.71 bits per heavy atom. The average Bonchev–Trinajstić information content (AvgIpc) is 2.50. The number of benzene rings is 2. The SMILES string of the molecule is C[C@@H](C(=O)Nc1ccccc1)N(c1ccc(F)c(F)c1)S(C)(=O)=O. The first-order chi connectivity index (χ1) is 11.2. The fraction of sp³-hybridized carbons (Fsp3) is 0.188. The highest BCUT2D eigenvalue weighted by atomic mass is 32.2. The molecule has 0 aliphatic rings. The van der Waals surface area contributed by atoms with Crippen molar-refractivity contribution >= 4 is 27.3 Å². The number of sulfonamides is 1. The van der Waals surface area contributed by atoms with Gasteiger partial charge in [0.1, 0.15) is 6.04 Å². The standard InChI is InChI=1S/C16H16F2N2O3S/c1-11(16(21)19-12-6-4-3-5-7-12)20(24(2,22)23)13-8-9-14(17)15(18)10-13/h3-11H,1-2H3,(H,19,21)/t11-/m0/s1. The van der Waals surface area contributed by atoms with Gasteiger partial charge in [0.15, 0.2) is 11.6 Å². The number of rotatable bonds is 5. The van der Waals surface area contributed by atoms with E-state index in [1.807, 2.05) is 0 Å². The van der Waals surface area contributed by atoms with Gasteiger partial charge in [-0.25, -0.2) is 17.2 Å². The minimum Gasteiger partial charge on any atom is -0.324 e. The van der Waals surface area contributed by atoms with Gasteiger partial charge in [-0.05, 0) is 31.2 Å². The van der Waals surface area contributed by atoms with Gasteiger partial charge in [0.05, 0.1) is 11.9 Å². The smallest absolute Gasteiger partial charge is 0.247 e. The fourth-order valence-corrected chi connectivity index (χ4v) is 3.37. The molecule has 0 aliphatic carbocycles. The quantitative estimate of drug-likeness (QED) is 0.898. The Bertz CT molecular complexity index is 842. The van der Waals surface area contributed by atoms with Crippen LogP contribution in [-0.4, -0.2) is 26.6 Å². The molecule has 0 saturated heterocycles. The predicted octanol–water partition coefficient (Wildman–Crippen LogP) is 2.76. The van der Waals surface area contributed by atoms with Crippen LogP contribution in [0.3, 0.4) is 0 Å². The van der Waals surface area contributed by atoms with Crippen LogP contribution < -0.4 is 9.62 Å². The van der Waals surface area contributed by atoms with Gasteiger partial charge in [-0.3, -0.25) is 9.10 Å². The first-order valence-corrected chi connectivity index (χ1v) is 8.85. The van der Waals surface area contributed by atoms with E-state index in [-0.39, 0.29) is 5.69 Å². The van der Waals surface area contributed by atoms with Crippen LogP contribution in [0.4, 0.5) is 20.2 Å². The molecule has 1 atom stereocenters. The number of carbonyl (C=O) groups excluding carboxylic acids is 1. The van der Waals surface area contributed by atoms with Crippen molar-refractivity contribution in [2.75, 3.05) is 15.9 Å². The molecule has 24 heavy (non-hydrogen) atoms. The van der Waals surface area contributed by atoms with Crippen LogP contribution in [0.25, 0.3) is 0 Å². The van der Waals surface area contributed by atoms with Crippen molar-refractivity contribution in [1.82, 2.24) is 0 Å². The summed E-state index contributed by atoms with van der Waals surface area (Å²) in [5, 5.41) is 2.58. The molecule has 5 nitrogen and oxygen atoms in total. The summed E-state index contributed by atoms with van der Waals surface area (Å²) >= 11 is 0. The lowest BCUT2D eigenvalue weighted by atomic mass is 10.2. The van der Waals surface area contributed by atoms with E-state index in [1.54, 1.807) is 30.3 Å². The molecule has 1 amide bonds. The van der Waals surface area contributed by atoms with Gasteiger partial charge in [0, 0.05) is 11.8 Å². The lowest BCUT2D eigenvalue weighted by Crippen LogP contribution is -2.45. The zero-order valence-corrected chi connectivity index (χ0v) is 13.8. The van der Waals surface area contributed by atoms with Crippen molar-refractivity contribution < 1.29 is 22.0 Å². The highest BCUT2D eigenvalue weighted by molar-refractivity contribution is 7.92. The summed E-state index contributed by atoms with van der Waals surface area (Å²) in [6.45, 7) is 1.36. The number of para-hydroxylation sites is 1. The topological polar surface area (TPSA) is 66.5 Å². The van der Waals surface area contributed by atoms with E-state index >= 15 is 0 Å². The molecule has 0 unspecified atom stereocenters. The Kier molecular flexibility index (Phi) is 5.18. The molecule has 0 radical (unpaired) electrons. The summed E-state index contributed by atoms with van der Waals surface area (Å²) in [5.74, 6) is -2.90. The van der Waals surface area contributed by atoms with Gasteiger partial charge in [-0.15, -0.1) is 0 Å². The summed E-state index contributed by atoms with van der Waals surface area (Å²) < 4.78 is 51.4. The summed E-state index contributed by atoms with van der Waals surface area (Å²) in [7, 11) is -3.90. The van der Waals surface area contributed by atoms with Gasteiger partial charge < -0.3 is 5.32 Å². The van der Waals surface area contributed by atoms with E-state index in [9.17, 15) is 22.0 Å². The fourth-order valence-electron chi connectivity index (χ4n) is 2.20. The normalized spacial score (nSPS) is 12.5. The van der Waals surface area contributed by atoms with Crippen LogP contribution in [-0.2, 0) is 14.8 Å². The molecule has 2 rings (SSSR count). The van der Waals surface area contributed by atoms with Crippen molar-refractivity contribution in [2.45, 2.75) is 13.0 Å². The van der Waals surface area contributed by atoms with Crippen LogP contribution >= 0.6 is 0 Å². The number of hydrogen-bond donors (Lipinski definition) is 1. The van der Waals surface area contributed by atoms with E-state index in [0.29, 0.717) is 5.69 Å². The second-order valence-corrected chi connectivity index (χ2v) is 7.05.